The lowest BCUT2D eigenvalue weighted by Gasteiger charge is -2.26. The summed E-state index contributed by atoms with van der Waals surface area (Å²) in [5.74, 6) is -0.439. The van der Waals surface area contributed by atoms with Gasteiger partial charge in [0.25, 0.3) is 5.91 Å². The zero-order chi connectivity index (χ0) is 14.2. The first-order valence-corrected chi connectivity index (χ1v) is 7.52. The normalized spacial score (nSPS) is 16.1. The van der Waals surface area contributed by atoms with Crippen molar-refractivity contribution in [1.82, 2.24) is 10.2 Å². The molecule has 1 amide bonds. The van der Waals surface area contributed by atoms with E-state index in [1.54, 1.807) is 0 Å². The SMILES string of the molecule is O=C(NCCCCN1CCCCC1)c1ccc(F)cc1. The Morgan fingerprint density at radius 2 is 1.80 bits per heavy atom. The molecule has 1 saturated heterocycles. The molecule has 0 radical (unpaired) electrons. The number of nitrogens with zero attached hydrogens (tertiary/aromatic N) is 1. The van der Waals surface area contributed by atoms with E-state index in [-0.39, 0.29) is 11.7 Å². The highest BCUT2D eigenvalue weighted by Crippen LogP contribution is 2.09. The van der Waals surface area contributed by atoms with Crippen LogP contribution in [0.15, 0.2) is 24.3 Å². The molecule has 3 nitrogen and oxygen atoms in total. The van der Waals surface area contributed by atoms with Gasteiger partial charge in [-0.3, -0.25) is 4.79 Å². The Balaban J connectivity index is 1.58. The highest BCUT2D eigenvalue weighted by atomic mass is 19.1. The zero-order valence-corrected chi connectivity index (χ0v) is 11.9. The number of benzene rings is 1. The number of rotatable bonds is 6. The molecule has 110 valence electrons. The van der Waals surface area contributed by atoms with Gasteiger partial charge in [0.1, 0.15) is 5.82 Å². The van der Waals surface area contributed by atoms with E-state index in [9.17, 15) is 9.18 Å². The van der Waals surface area contributed by atoms with E-state index < -0.39 is 0 Å². The lowest BCUT2D eigenvalue weighted by Crippen LogP contribution is -2.31. The summed E-state index contributed by atoms with van der Waals surface area (Å²) in [6.45, 7) is 4.26. The van der Waals surface area contributed by atoms with Crippen LogP contribution in [-0.4, -0.2) is 37.0 Å². The second-order valence-corrected chi connectivity index (χ2v) is 5.37. The number of amides is 1. The minimum Gasteiger partial charge on any atom is -0.352 e. The van der Waals surface area contributed by atoms with Crippen molar-refractivity contribution < 1.29 is 9.18 Å². The molecule has 0 spiro atoms. The number of likely N-dealkylation sites (tertiary alicyclic amines) is 1. The molecule has 0 aliphatic carbocycles. The molecule has 1 aromatic rings. The van der Waals surface area contributed by atoms with Gasteiger partial charge in [-0.2, -0.15) is 0 Å². The number of unbranched alkanes of at least 4 members (excludes halogenated alkanes) is 1. The Kier molecular flexibility index (Phi) is 5.99. The Hall–Kier alpha value is -1.42. The fraction of sp³-hybridized carbons (Fsp3) is 0.562. The third-order valence-corrected chi connectivity index (χ3v) is 3.74. The summed E-state index contributed by atoms with van der Waals surface area (Å²) < 4.78 is 12.7. The first-order valence-electron chi connectivity index (χ1n) is 7.52. The summed E-state index contributed by atoms with van der Waals surface area (Å²) in [6, 6.07) is 5.65. The summed E-state index contributed by atoms with van der Waals surface area (Å²) in [7, 11) is 0. The van der Waals surface area contributed by atoms with E-state index in [0.29, 0.717) is 12.1 Å². The Morgan fingerprint density at radius 1 is 1.10 bits per heavy atom. The Morgan fingerprint density at radius 3 is 2.50 bits per heavy atom. The molecule has 0 atom stereocenters. The van der Waals surface area contributed by atoms with Crippen LogP contribution in [0.2, 0.25) is 0 Å². The second-order valence-electron chi connectivity index (χ2n) is 5.37. The molecular formula is C16H23FN2O. The van der Waals surface area contributed by atoms with Crippen molar-refractivity contribution >= 4 is 5.91 Å². The van der Waals surface area contributed by atoms with Gasteiger partial charge in [-0.25, -0.2) is 4.39 Å². The molecule has 2 rings (SSSR count). The van der Waals surface area contributed by atoms with E-state index >= 15 is 0 Å². The molecule has 1 aliphatic rings. The van der Waals surface area contributed by atoms with Crippen LogP contribution in [0.4, 0.5) is 4.39 Å². The van der Waals surface area contributed by atoms with E-state index in [1.807, 2.05) is 0 Å². The number of nitrogens with one attached hydrogen (secondary N) is 1. The minimum atomic E-state index is -0.317. The molecule has 4 heteroatoms. The van der Waals surface area contributed by atoms with Gasteiger partial charge in [0.2, 0.25) is 0 Å². The largest absolute Gasteiger partial charge is 0.352 e. The quantitative estimate of drug-likeness (QED) is 0.812. The number of carbonyl (C=O) groups excluding carboxylic acids is 1. The molecule has 1 fully saturated rings. The number of carbonyl (C=O) groups is 1. The summed E-state index contributed by atoms with van der Waals surface area (Å²) in [5, 5.41) is 2.88. The summed E-state index contributed by atoms with van der Waals surface area (Å²) in [4.78, 5) is 14.3. The molecule has 1 N–H and O–H groups in total. The number of hydrogen-bond donors (Lipinski definition) is 1. The summed E-state index contributed by atoms with van der Waals surface area (Å²) in [6.07, 6.45) is 6.11. The summed E-state index contributed by atoms with van der Waals surface area (Å²) in [5.41, 5.74) is 0.516. The van der Waals surface area contributed by atoms with Crippen LogP contribution in [0.25, 0.3) is 0 Å². The maximum absolute atomic E-state index is 12.7. The standard InChI is InChI=1S/C16H23FN2O/c17-15-8-6-14(7-9-15)16(20)18-10-2-5-13-19-11-3-1-4-12-19/h6-9H,1-5,10-13H2,(H,18,20). The van der Waals surface area contributed by atoms with Crippen molar-refractivity contribution in [3.05, 3.63) is 35.6 Å². The molecule has 0 saturated carbocycles. The molecular weight excluding hydrogens is 255 g/mol. The van der Waals surface area contributed by atoms with Gasteiger partial charge in [-0.05, 0) is 69.6 Å². The zero-order valence-electron chi connectivity index (χ0n) is 11.9. The van der Waals surface area contributed by atoms with E-state index in [1.165, 1.54) is 56.6 Å². The van der Waals surface area contributed by atoms with Crippen LogP contribution in [0, 0.1) is 5.82 Å². The second kappa shape index (κ2) is 8.00. The van der Waals surface area contributed by atoms with Crippen LogP contribution in [0.5, 0.6) is 0 Å². The van der Waals surface area contributed by atoms with E-state index in [0.717, 1.165) is 19.4 Å². The van der Waals surface area contributed by atoms with Crippen molar-refractivity contribution in [3.63, 3.8) is 0 Å². The van der Waals surface area contributed by atoms with Crippen LogP contribution in [0.3, 0.4) is 0 Å². The van der Waals surface area contributed by atoms with Crippen LogP contribution in [-0.2, 0) is 0 Å². The number of piperidine rings is 1. The van der Waals surface area contributed by atoms with Crippen LogP contribution in [0.1, 0.15) is 42.5 Å². The molecule has 20 heavy (non-hydrogen) atoms. The van der Waals surface area contributed by atoms with Gasteiger partial charge in [0.15, 0.2) is 0 Å². The fourth-order valence-electron chi connectivity index (χ4n) is 2.55. The van der Waals surface area contributed by atoms with Crippen molar-refractivity contribution in [2.75, 3.05) is 26.2 Å². The van der Waals surface area contributed by atoms with Crippen molar-refractivity contribution in [1.29, 1.82) is 0 Å². The van der Waals surface area contributed by atoms with Gasteiger partial charge in [0, 0.05) is 12.1 Å². The maximum atomic E-state index is 12.7. The van der Waals surface area contributed by atoms with Crippen molar-refractivity contribution in [2.45, 2.75) is 32.1 Å². The minimum absolute atomic E-state index is 0.122. The molecule has 0 bridgehead atoms. The smallest absolute Gasteiger partial charge is 0.251 e. The third-order valence-electron chi connectivity index (χ3n) is 3.74. The predicted molar refractivity (Wildman–Crippen MR) is 78.3 cm³/mol. The third kappa shape index (κ3) is 4.93. The van der Waals surface area contributed by atoms with Crippen molar-refractivity contribution in [2.24, 2.45) is 0 Å². The molecule has 1 aromatic carbocycles. The Labute approximate surface area is 120 Å². The van der Waals surface area contributed by atoms with E-state index in [4.69, 9.17) is 0 Å². The average Bonchev–Trinajstić information content (AvgIpc) is 2.48. The Bertz CT molecular complexity index is 413. The van der Waals surface area contributed by atoms with Crippen LogP contribution >= 0.6 is 0 Å². The monoisotopic (exact) mass is 278 g/mol. The fourth-order valence-corrected chi connectivity index (χ4v) is 2.55. The van der Waals surface area contributed by atoms with E-state index in [2.05, 4.69) is 10.2 Å². The van der Waals surface area contributed by atoms with Gasteiger partial charge in [0.05, 0.1) is 0 Å². The average molecular weight is 278 g/mol. The maximum Gasteiger partial charge on any atom is 0.251 e. The van der Waals surface area contributed by atoms with Gasteiger partial charge in [-0.1, -0.05) is 6.42 Å². The van der Waals surface area contributed by atoms with Crippen LogP contribution < -0.4 is 5.32 Å². The number of hydrogen-bond acceptors (Lipinski definition) is 2. The van der Waals surface area contributed by atoms with Crippen molar-refractivity contribution in [3.8, 4) is 0 Å². The van der Waals surface area contributed by atoms with Gasteiger partial charge < -0.3 is 10.2 Å². The molecule has 1 heterocycles. The molecule has 0 unspecified atom stereocenters. The highest BCUT2D eigenvalue weighted by Gasteiger charge is 2.09. The summed E-state index contributed by atoms with van der Waals surface area (Å²) >= 11 is 0. The lowest BCUT2D eigenvalue weighted by molar-refractivity contribution is 0.0952. The molecule has 1 aliphatic heterocycles. The first kappa shape index (κ1) is 15.0. The van der Waals surface area contributed by atoms with Gasteiger partial charge in [-0.15, -0.1) is 0 Å². The predicted octanol–water partition coefficient (Wildman–Crippen LogP) is 2.82. The highest BCUT2D eigenvalue weighted by molar-refractivity contribution is 5.94. The topological polar surface area (TPSA) is 32.3 Å². The number of halogens is 1. The first-order chi connectivity index (χ1) is 9.75. The van der Waals surface area contributed by atoms with Gasteiger partial charge >= 0.3 is 0 Å². The lowest BCUT2D eigenvalue weighted by atomic mass is 10.1. The molecule has 0 aromatic heterocycles.